The lowest BCUT2D eigenvalue weighted by Gasteiger charge is -2.17. The van der Waals surface area contributed by atoms with E-state index in [1.165, 1.54) is 12.8 Å². The summed E-state index contributed by atoms with van der Waals surface area (Å²) in [6, 6.07) is 13.7. The molecule has 2 aromatic heterocycles. The number of rotatable bonds is 13. The molecule has 0 saturated carbocycles. The summed E-state index contributed by atoms with van der Waals surface area (Å²) in [7, 11) is 0. The first-order chi connectivity index (χ1) is 17.0. The molecule has 0 fully saturated rings. The molecule has 1 atom stereocenters. The summed E-state index contributed by atoms with van der Waals surface area (Å²) in [6.45, 7) is 9.82. The van der Waals surface area contributed by atoms with Gasteiger partial charge in [-0.1, -0.05) is 53.0 Å². The number of carbonyl (C=O) groups is 1. The molecule has 0 bridgehead atoms. The molecule has 3 aromatic rings. The molecule has 2 N–H and O–H groups in total. The maximum atomic E-state index is 12.7. The van der Waals surface area contributed by atoms with E-state index in [4.69, 9.17) is 4.74 Å². The van der Waals surface area contributed by atoms with Crippen LogP contribution < -0.4 is 15.4 Å². The molecule has 0 radical (unpaired) electrons. The second-order valence-corrected chi connectivity index (χ2v) is 9.21. The van der Waals surface area contributed by atoms with Gasteiger partial charge in [0.25, 0.3) is 5.91 Å². The van der Waals surface area contributed by atoms with Crippen molar-refractivity contribution >= 4 is 17.3 Å². The summed E-state index contributed by atoms with van der Waals surface area (Å²) in [5, 5.41) is 6.49. The summed E-state index contributed by atoms with van der Waals surface area (Å²) in [6.07, 6.45) is 9.66. The molecule has 6 nitrogen and oxygen atoms in total. The van der Waals surface area contributed by atoms with Gasteiger partial charge in [-0.05, 0) is 60.2 Å². The van der Waals surface area contributed by atoms with Gasteiger partial charge in [-0.3, -0.25) is 14.8 Å². The predicted octanol–water partition coefficient (Wildman–Crippen LogP) is 6.87. The zero-order chi connectivity index (χ0) is 25.0. The molecule has 3 rings (SSSR count). The van der Waals surface area contributed by atoms with E-state index in [0.29, 0.717) is 24.6 Å². The molecule has 1 aromatic carbocycles. The molecule has 1 amide bonds. The Hall–Kier alpha value is -3.41. The largest absolute Gasteiger partial charge is 0.487 e. The minimum Gasteiger partial charge on any atom is -0.487 e. The quantitative estimate of drug-likeness (QED) is 0.283. The van der Waals surface area contributed by atoms with Crippen LogP contribution in [-0.4, -0.2) is 22.4 Å². The number of pyridine rings is 2. The van der Waals surface area contributed by atoms with Crippen molar-refractivity contribution in [1.29, 1.82) is 0 Å². The Balaban J connectivity index is 1.64. The first-order valence-electron chi connectivity index (χ1n) is 12.7. The van der Waals surface area contributed by atoms with Crippen molar-refractivity contribution in [3.05, 3.63) is 77.9 Å². The van der Waals surface area contributed by atoms with Crippen molar-refractivity contribution in [2.24, 2.45) is 5.92 Å². The zero-order valence-electron chi connectivity index (χ0n) is 21.4. The fraction of sp³-hybridized carbons (Fsp3) is 0.414. The first kappa shape index (κ1) is 26.2. The Morgan fingerprint density at radius 3 is 2.63 bits per heavy atom. The molecule has 6 heteroatoms. The van der Waals surface area contributed by atoms with Gasteiger partial charge >= 0.3 is 0 Å². The number of nitrogens with zero attached hydrogens (tertiary/aromatic N) is 2. The highest BCUT2D eigenvalue weighted by Gasteiger charge is 2.12. The summed E-state index contributed by atoms with van der Waals surface area (Å²) >= 11 is 0. The molecule has 0 saturated heterocycles. The molecular weight excluding hydrogens is 436 g/mol. The molecule has 0 aliphatic heterocycles. The summed E-state index contributed by atoms with van der Waals surface area (Å²) < 4.78 is 5.96. The van der Waals surface area contributed by atoms with Crippen LogP contribution in [0.2, 0.25) is 0 Å². The van der Waals surface area contributed by atoms with Crippen LogP contribution in [0.5, 0.6) is 5.75 Å². The van der Waals surface area contributed by atoms with Gasteiger partial charge in [0, 0.05) is 24.6 Å². The third-order valence-electron chi connectivity index (χ3n) is 6.15. The minimum absolute atomic E-state index is 0.0881. The second kappa shape index (κ2) is 13.5. The van der Waals surface area contributed by atoms with Crippen molar-refractivity contribution in [3.63, 3.8) is 0 Å². The van der Waals surface area contributed by atoms with Gasteiger partial charge in [-0.25, -0.2) is 0 Å². The van der Waals surface area contributed by atoms with Crippen molar-refractivity contribution in [2.75, 3.05) is 11.9 Å². The number of aromatic nitrogens is 2. The molecule has 1 unspecified atom stereocenters. The fourth-order valence-electron chi connectivity index (χ4n) is 4.10. The summed E-state index contributed by atoms with van der Waals surface area (Å²) in [4.78, 5) is 21.3. The van der Waals surface area contributed by atoms with E-state index in [-0.39, 0.29) is 11.8 Å². The predicted molar refractivity (Wildman–Crippen MR) is 142 cm³/mol. The van der Waals surface area contributed by atoms with Gasteiger partial charge in [0.15, 0.2) is 0 Å². The Labute approximate surface area is 209 Å². The van der Waals surface area contributed by atoms with Gasteiger partial charge < -0.3 is 15.4 Å². The van der Waals surface area contributed by atoms with E-state index in [0.717, 1.165) is 41.2 Å². The highest BCUT2D eigenvalue weighted by Crippen LogP contribution is 2.31. The van der Waals surface area contributed by atoms with Crippen molar-refractivity contribution in [1.82, 2.24) is 15.3 Å². The Bertz CT molecular complexity index is 1070. The van der Waals surface area contributed by atoms with E-state index >= 15 is 0 Å². The molecule has 2 heterocycles. The van der Waals surface area contributed by atoms with Crippen molar-refractivity contribution in [2.45, 2.75) is 65.9 Å². The minimum atomic E-state index is -0.0881. The summed E-state index contributed by atoms with van der Waals surface area (Å²) in [5.41, 5.74) is 4.31. The average Bonchev–Trinajstić information content (AvgIpc) is 2.88. The molecule has 0 aliphatic rings. The number of hydrogen-bond acceptors (Lipinski definition) is 5. The average molecular weight is 475 g/mol. The standard InChI is InChI=1S/C29H38N4O2/c1-5-9-22(6-2)13-15-32-29(34)23-16-25(19-30-18-23)33-28-12-11-26(17-27(28)21(3)4)35-20-24-10-7-8-14-31-24/h7-8,10-12,14,16-19,21-22,33H,5-6,9,13,15,20H2,1-4H3,(H,32,34). The maximum Gasteiger partial charge on any atom is 0.252 e. The molecular formula is C29H38N4O2. The van der Waals surface area contributed by atoms with Gasteiger partial charge in [-0.15, -0.1) is 0 Å². The fourth-order valence-corrected chi connectivity index (χ4v) is 4.10. The highest BCUT2D eigenvalue weighted by molar-refractivity contribution is 5.94. The number of benzene rings is 1. The normalized spacial score (nSPS) is 11.8. The Morgan fingerprint density at radius 2 is 1.91 bits per heavy atom. The number of amides is 1. The first-order valence-corrected chi connectivity index (χ1v) is 12.7. The second-order valence-electron chi connectivity index (χ2n) is 9.21. The lowest BCUT2D eigenvalue weighted by Crippen LogP contribution is -2.26. The van der Waals surface area contributed by atoms with Crippen LogP contribution in [0.4, 0.5) is 11.4 Å². The Kier molecular flexibility index (Phi) is 10.1. The monoisotopic (exact) mass is 474 g/mol. The highest BCUT2D eigenvalue weighted by atomic mass is 16.5. The van der Waals surface area contributed by atoms with Crippen molar-refractivity contribution in [3.8, 4) is 5.75 Å². The van der Waals surface area contributed by atoms with Crippen LogP contribution in [0.15, 0.2) is 61.1 Å². The van der Waals surface area contributed by atoms with Crippen LogP contribution in [-0.2, 0) is 6.61 Å². The number of nitrogens with one attached hydrogen (secondary N) is 2. The van der Waals surface area contributed by atoms with Crippen LogP contribution in [0, 0.1) is 5.92 Å². The molecule has 0 aliphatic carbocycles. The summed E-state index contributed by atoms with van der Waals surface area (Å²) in [5.74, 6) is 1.65. The van der Waals surface area contributed by atoms with Gasteiger partial charge in [0.1, 0.15) is 12.4 Å². The topological polar surface area (TPSA) is 76.1 Å². The molecule has 0 spiro atoms. The van der Waals surface area contributed by atoms with Crippen LogP contribution in [0.3, 0.4) is 0 Å². The SMILES string of the molecule is CCCC(CC)CCNC(=O)c1cncc(Nc2ccc(OCc3ccccn3)cc2C(C)C)c1. The van der Waals surface area contributed by atoms with Gasteiger partial charge in [0.05, 0.1) is 23.1 Å². The maximum absolute atomic E-state index is 12.7. The van der Waals surface area contributed by atoms with E-state index in [1.54, 1.807) is 18.6 Å². The van der Waals surface area contributed by atoms with E-state index < -0.39 is 0 Å². The number of carbonyl (C=O) groups excluding carboxylic acids is 1. The molecule has 186 valence electrons. The third kappa shape index (κ3) is 8.09. The van der Waals surface area contributed by atoms with Gasteiger partial charge in [0.2, 0.25) is 0 Å². The van der Waals surface area contributed by atoms with E-state index in [2.05, 4.69) is 54.4 Å². The van der Waals surface area contributed by atoms with Gasteiger partial charge in [-0.2, -0.15) is 0 Å². The van der Waals surface area contributed by atoms with Crippen LogP contribution in [0.25, 0.3) is 0 Å². The number of ether oxygens (including phenoxy) is 1. The van der Waals surface area contributed by atoms with Crippen LogP contribution >= 0.6 is 0 Å². The van der Waals surface area contributed by atoms with Crippen molar-refractivity contribution < 1.29 is 9.53 Å². The Morgan fingerprint density at radius 1 is 1.06 bits per heavy atom. The van der Waals surface area contributed by atoms with E-state index in [9.17, 15) is 4.79 Å². The lowest BCUT2D eigenvalue weighted by molar-refractivity contribution is 0.0950. The third-order valence-corrected chi connectivity index (χ3v) is 6.15. The molecule has 35 heavy (non-hydrogen) atoms. The van der Waals surface area contributed by atoms with Crippen LogP contribution in [0.1, 0.15) is 80.9 Å². The zero-order valence-corrected chi connectivity index (χ0v) is 21.4. The number of hydrogen-bond donors (Lipinski definition) is 2. The smallest absolute Gasteiger partial charge is 0.252 e. The number of anilines is 2. The lowest BCUT2D eigenvalue weighted by atomic mass is 9.97. The van der Waals surface area contributed by atoms with E-state index in [1.807, 2.05) is 36.4 Å².